The zero-order chi connectivity index (χ0) is 13.1. The number of morpholine rings is 1. The molecule has 0 saturated carbocycles. The van der Waals surface area contributed by atoms with Crippen molar-refractivity contribution in [1.29, 1.82) is 0 Å². The number of nitrogens with two attached hydrogens (primary N) is 1. The first-order valence-corrected chi connectivity index (χ1v) is 6.19. The molecule has 2 N–H and O–H groups in total. The minimum absolute atomic E-state index is 0.138. The molecule has 0 bridgehead atoms. The fourth-order valence-electron chi connectivity index (χ4n) is 1.78. The van der Waals surface area contributed by atoms with Crippen LogP contribution >= 0.6 is 15.9 Å². The molecule has 1 aromatic heterocycles. The summed E-state index contributed by atoms with van der Waals surface area (Å²) in [5.41, 5.74) is 5.68. The Hall–Kier alpha value is -1.47. The van der Waals surface area contributed by atoms with E-state index in [1.807, 2.05) is 0 Å². The Morgan fingerprint density at radius 1 is 1.56 bits per heavy atom. The first-order valence-electron chi connectivity index (χ1n) is 5.40. The van der Waals surface area contributed by atoms with Crippen LogP contribution in [0.25, 0.3) is 0 Å². The smallest absolute Gasteiger partial charge is 0.257 e. The van der Waals surface area contributed by atoms with Gasteiger partial charge in [0.25, 0.3) is 5.91 Å². The maximum Gasteiger partial charge on any atom is 0.257 e. The molecule has 7 heteroatoms. The molecule has 0 radical (unpaired) electrons. The van der Waals surface area contributed by atoms with Crippen molar-refractivity contribution >= 4 is 27.7 Å². The van der Waals surface area contributed by atoms with E-state index < -0.39 is 11.9 Å². The van der Waals surface area contributed by atoms with Crippen molar-refractivity contribution in [3.05, 3.63) is 28.5 Å². The molecule has 1 saturated heterocycles. The zero-order valence-corrected chi connectivity index (χ0v) is 11.1. The third-order valence-corrected chi connectivity index (χ3v) is 3.34. The number of primary amides is 1. The largest absolute Gasteiger partial charge is 0.377 e. The number of aromatic nitrogens is 1. The second-order valence-electron chi connectivity index (χ2n) is 3.83. The van der Waals surface area contributed by atoms with Gasteiger partial charge in [-0.3, -0.25) is 9.59 Å². The highest BCUT2D eigenvalue weighted by atomic mass is 79.9. The van der Waals surface area contributed by atoms with E-state index in [-0.39, 0.29) is 12.5 Å². The molecular weight excluding hydrogens is 302 g/mol. The highest BCUT2D eigenvalue weighted by molar-refractivity contribution is 9.10. The van der Waals surface area contributed by atoms with Gasteiger partial charge in [-0.2, -0.15) is 0 Å². The number of rotatable bonds is 2. The number of amides is 2. The fourth-order valence-corrected chi connectivity index (χ4v) is 2.20. The Bertz CT molecular complexity index is 480. The van der Waals surface area contributed by atoms with Crippen LogP contribution in [0.2, 0.25) is 0 Å². The second-order valence-corrected chi connectivity index (χ2v) is 4.58. The number of halogens is 1. The second kappa shape index (κ2) is 5.45. The van der Waals surface area contributed by atoms with Gasteiger partial charge >= 0.3 is 0 Å². The van der Waals surface area contributed by atoms with Crippen LogP contribution in [0, 0.1) is 0 Å². The summed E-state index contributed by atoms with van der Waals surface area (Å²) in [4.78, 5) is 29.0. The van der Waals surface area contributed by atoms with Crippen LogP contribution < -0.4 is 5.73 Å². The molecule has 2 rings (SSSR count). The van der Waals surface area contributed by atoms with Crippen LogP contribution in [-0.4, -0.2) is 47.5 Å². The van der Waals surface area contributed by atoms with Crippen molar-refractivity contribution < 1.29 is 14.3 Å². The van der Waals surface area contributed by atoms with Gasteiger partial charge in [0.15, 0.2) is 0 Å². The average molecular weight is 314 g/mol. The van der Waals surface area contributed by atoms with E-state index in [1.165, 1.54) is 4.90 Å². The van der Waals surface area contributed by atoms with Crippen molar-refractivity contribution in [2.45, 2.75) is 6.04 Å². The normalized spacial score (nSPS) is 19.6. The van der Waals surface area contributed by atoms with Crippen molar-refractivity contribution in [2.24, 2.45) is 5.73 Å². The Kier molecular flexibility index (Phi) is 3.93. The molecule has 0 spiro atoms. The van der Waals surface area contributed by atoms with E-state index in [2.05, 4.69) is 20.9 Å². The van der Waals surface area contributed by atoms with Crippen molar-refractivity contribution in [2.75, 3.05) is 19.8 Å². The quantitative estimate of drug-likeness (QED) is 0.789. The Balaban J connectivity index is 2.27. The molecule has 1 aliphatic heterocycles. The van der Waals surface area contributed by atoms with E-state index in [4.69, 9.17) is 10.5 Å². The number of ether oxygens (including phenoxy) is 1. The third-order valence-electron chi connectivity index (χ3n) is 2.71. The maximum atomic E-state index is 12.3. The molecule has 6 nitrogen and oxygen atoms in total. The molecule has 2 amide bonds. The predicted octanol–water partition coefficient (Wildman–Crippen LogP) is 0.170. The molecule has 1 aromatic rings. The Morgan fingerprint density at radius 2 is 2.33 bits per heavy atom. The van der Waals surface area contributed by atoms with Crippen LogP contribution in [0.5, 0.6) is 0 Å². The minimum Gasteiger partial charge on any atom is -0.377 e. The lowest BCUT2D eigenvalue weighted by molar-refractivity contribution is -0.127. The van der Waals surface area contributed by atoms with Crippen LogP contribution in [0.15, 0.2) is 22.9 Å². The summed E-state index contributed by atoms with van der Waals surface area (Å²) < 4.78 is 5.62. The van der Waals surface area contributed by atoms with Gasteiger partial charge in [-0.15, -0.1) is 0 Å². The number of carbonyl (C=O) groups is 2. The lowest BCUT2D eigenvalue weighted by Gasteiger charge is -2.33. The van der Waals surface area contributed by atoms with E-state index in [0.717, 1.165) is 0 Å². The van der Waals surface area contributed by atoms with Gasteiger partial charge in [-0.25, -0.2) is 4.98 Å². The number of nitrogens with zero attached hydrogens (tertiary/aromatic N) is 2. The molecular formula is C11H12BrN3O3. The summed E-state index contributed by atoms with van der Waals surface area (Å²) in [5.74, 6) is -0.842. The Morgan fingerprint density at radius 3 is 3.00 bits per heavy atom. The summed E-state index contributed by atoms with van der Waals surface area (Å²) in [6.45, 7) is 0.875. The molecule has 1 aliphatic rings. The van der Waals surface area contributed by atoms with Crippen molar-refractivity contribution in [3.8, 4) is 0 Å². The van der Waals surface area contributed by atoms with Crippen molar-refractivity contribution in [1.82, 2.24) is 9.88 Å². The number of hydrogen-bond donors (Lipinski definition) is 1. The van der Waals surface area contributed by atoms with Gasteiger partial charge in [0, 0.05) is 12.7 Å². The van der Waals surface area contributed by atoms with Crippen LogP contribution in [0.3, 0.4) is 0 Å². The van der Waals surface area contributed by atoms with Gasteiger partial charge in [-0.05, 0) is 28.1 Å². The van der Waals surface area contributed by atoms with E-state index in [0.29, 0.717) is 23.3 Å². The summed E-state index contributed by atoms with van der Waals surface area (Å²) in [7, 11) is 0. The SMILES string of the molecule is NC(=O)C1COCCN1C(=O)c1cccnc1Br. The lowest BCUT2D eigenvalue weighted by atomic mass is 10.1. The summed E-state index contributed by atoms with van der Waals surface area (Å²) in [5, 5.41) is 0. The predicted molar refractivity (Wildman–Crippen MR) is 66.8 cm³/mol. The molecule has 1 fully saturated rings. The average Bonchev–Trinajstić information content (AvgIpc) is 2.38. The van der Waals surface area contributed by atoms with Crippen LogP contribution in [0.4, 0.5) is 0 Å². The van der Waals surface area contributed by atoms with Gasteiger partial charge in [0.05, 0.1) is 18.8 Å². The van der Waals surface area contributed by atoms with Crippen LogP contribution in [0.1, 0.15) is 10.4 Å². The van der Waals surface area contributed by atoms with E-state index in [9.17, 15) is 9.59 Å². The van der Waals surface area contributed by atoms with Gasteiger partial charge in [0.1, 0.15) is 10.6 Å². The number of pyridine rings is 1. The molecule has 2 heterocycles. The molecule has 18 heavy (non-hydrogen) atoms. The summed E-state index contributed by atoms with van der Waals surface area (Å²) >= 11 is 3.21. The summed E-state index contributed by atoms with van der Waals surface area (Å²) in [6, 6.07) is 2.59. The molecule has 0 aromatic carbocycles. The first kappa shape index (κ1) is 13.0. The lowest BCUT2D eigenvalue weighted by Crippen LogP contribution is -2.54. The molecule has 96 valence electrons. The standard InChI is InChI=1S/C11H12BrN3O3/c12-9-7(2-1-3-14-9)11(17)15-4-5-18-6-8(15)10(13)16/h1-3,8H,4-6H2,(H2,13,16). The van der Waals surface area contributed by atoms with Gasteiger partial charge in [-0.1, -0.05) is 0 Å². The summed E-state index contributed by atoms with van der Waals surface area (Å²) in [6.07, 6.45) is 1.58. The number of hydrogen-bond acceptors (Lipinski definition) is 4. The zero-order valence-electron chi connectivity index (χ0n) is 9.51. The number of carbonyl (C=O) groups excluding carboxylic acids is 2. The van der Waals surface area contributed by atoms with Gasteiger partial charge in [0.2, 0.25) is 5.91 Å². The highest BCUT2D eigenvalue weighted by Gasteiger charge is 2.32. The monoisotopic (exact) mass is 313 g/mol. The molecule has 0 aliphatic carbocycles. The van der Waals surface area contributed by atoms with Crippen LogP contribution in [-0.2, 0) is 9.53 Å². The fraction of sp³-hybridized carbons (Fsp3) is 0.364. The van der Waals surface area contributed by atoms with Crippen molar-refractivity contribution in [3.63, 3.8) is 0 Å². The third kappa shape index (κ3) is 2.51. The maximum absolute atomic E-state index is 12.3. The van der Waals surface area contributed by atoms with E-state index in [1.54, 1.807) is 18.3 Å². The molecule has 1 unspecified atom stereocenters. The topological polar surface area (TPSA) is 85.5 Å². The molecule has 1 atom stereocenters. The van der Waals surface area contributed by atoms with Gasteiger partial charge < -0.3 is 15.4 Å². The highest BCUT2D eigenvalue weighted by Crippen LogP contribution is 2.18. The first-order chi connectivity index (χ1) is 8.61. The minimum atomic E-state index is -0.724. The Labute approximate surface area is 112 Å². The van der Waals surface area contributed by atoms with E-state index >= 15 is 0 Å².